The van der Waals surface area contributed by atoms with E-state index in [0.29, 0.717) is 13.1 Å². The summed E-state index contributed by atoms with van der Waals surface area (Å²) >= 11 is 0. The molecule has 1 heterocycles. The van der Waals surface area contributed by atoms with Gasteiger partial charge in [0, 0.05) is 13.1 Å². The van der Waals surface area contributed by atoms with Gasteiger partial charge in [0.05, 0.1) is 18.2 Å². The van der Waals surface area contributed by atoms with Gasteiger partial charge in [0.25, 0.3) is 0 Å². The first-order chi connectivity index (χ1) is 8.57. The Morgan fingerprint density at radius 3 is 2.39 bits per heavy atom. The Bertz CT molecular complexity index is 295. The zero-order chi connectivity index (χ0) is 13.2. The van der Waals surface area contributed by atoms with Crippen molar-refractivity contribution in [1.29, 1.82) is 0 Å². The first-order valence-corrected chi connectivity index (χ1v) is 6.94. The number of likely N-dealkylation sites (tertiary alicyclic amines) is 1. The molecule has 0 spiro atoms. The van der Waals surface area contributed by atoms with Gasteiger partial charge in [-0.2, -0.15) is 0 Å². The van der Waals surface area contributed by atoms with Gasteiger partial charge in [0.15, 0.2) is 0 Å². The average molecular weight is 256 g/mol. The van der Waals surface area contributed by atoms with Crippen molar-refractivity contribution < 1.29 is 15.0 Å². The number of aliphatic hydroxyl groups excluding tert-OH is 2. The Morgan fingerprint density at radius 2 is 1.89 bits per heavy atom. The summed E-state index contributed by atoms with van der Waals surface area (Å²) in [5.41, 5.74) is 5.54. The second-order valence-corrected chi connectivity index (χ2v) is 5.74. The lowest BCUT2D eigenvalue weighted by atomic mass is 9.89. The zero-order valence-corrected chi connectivity index (χ0v) is 10.8. The van der Waals surface area contributed by atoms with Crippen molar-refractivity contribution in [3.63, 3.8) is 0 Å². The van der Waals surface area contributed by atoms with Crippen LogP contribution in [0.2, 0.25) is 0 Å². The van der Waals surface area contributed by atoms with Crippen LogP contribution >= 0.6 is 0 Å². The molecule has 0 radical (unpaired) electrons. The molecule has 104 valence electrons. The summed E-state index contributed by atoms with van der Waals surface area (Å²) in [5.74, 6) is 0.188. The van der Waals surface area contributed by atoms with Crippen LogP contribution in [0.5, 0.6) is 0 Å². The maximum absolute atomic E-state index is 12.4. The van der Waals surface area contributed by atoms with E-state index in [2.05, 4.69) is 0 Å². The first kappa shape index (κ1) is 13.8. The number of carbonyl (C=O) groups excluding carboxylic acids is 1. The largest absolute Gasteiger partial charge is 0.394 e. The maximum atomic E-state index is 12.4. The average Bonchev–Trinajstić information content (AvgIpc) is 2.85. The molecule has 1 atom stereocenters. The van der Waals surface area contributed by atoms with Crippen LogP contribution in [0, 0.1) is 5.92 Å². The van der Waals surface area contributed by atoms with E-state index in [1.54, 1.807) is 0 Å². The molecule has 1 aliphatic heterocycles. The molecule has 0 bridgehead atoms. The highest BCUT2D eigenvalue weighted by atomic mass is 16.3. The molecule has 1 aliphatic carbocycles. The van der Waals surface area contributed by atoms with Gasteiger partial charge in [0.2, 0.25) is 5.91 Å². The fourth-order valence-corrected chi connectivity index (χ4v) is 3.17. The smallest absolute Gasteiger partial charge is 0.242 e. The summed E-state index contributed by atoms with van der Waals surface area (Å²) < 4.78 is 0. The molecule has 1 saturated carbocycles. The van der Waals surface area contributed by atoms with Gasteiger partial charge < -0.3 is 20.8 Å². The minimum absolute atomic E-state index is 0.0805. The molecule has 0 aromatic heterocycles. The number of hydrogen-bond donors (Lipinski definition) is 3. The number of aliphatic hydroxyl groups is 2. The number of amides is 1. The van der Waals surface area contributed by atoms with Gasteiger partial charge in [-0.3, -0.25) is 4.79 Å². The molecule has 5 nitrogen and oxygen atoms in total. The molecule has 18 heavy (non-hydrogen) atoms. The van der Waals surface area contributed by atoms with Gasteiger partial charge >= 0.3 is 0 Å². The predicted molar refractivity (Wildman–Crippen MR) is 67.8 cm³/mol. The summed E-state index contributed by atoms with van der Waals surface area (Å²) in [5, 5.41) is 18.5. The molecule has 2 rings (SSSR count). The van der Waals surface area contributed by atoms with Crippen molar-refractivity contribution >= 4 is 5.91 Å². The second-order valence-electron chi connectivity index (χ2n) is 5.74. The molecule has 2 fully saturated rings. The van der Waals surface area contributed by atoms with Crippen molar-refractivity contribution in [2.24, 2.45) is 11.7 Å². The molecule has 1 amide bonds. The van der Waals surface area contributed by atoms with Gasteiger partial charge in [-0.15, -0.1) is 0 Å². The van der Waals surface area contributed by atoms with Crippen LogP contribution in [0.1, 0.15) is 38.5 Å². The van der Waals surface area contributed by atoms with E-state index in [1.807, 2.05) is 4.90 Å². The number of nitrogens with zero attached hydrogens (tertiary/aromatic N) is 1. The van der Waals surface area contributed by atoms with Crippen LogP contribution < -0.4 is 5.73 Å². The lowest BCUT2D eigenvalue weighted by molar-refractivity contribution is -0.139. The Hall–Kier alpha value is -0.650. The van der Waals surface area contributed by atoms with Crippen molar-refractivity contribution in [2.75, 3.05) is 19.7 Å². The Balaban J connectivity index is 1.88. The minimum Gasteiger partial charge on any atom is -0.394 e. The number of carbonyl (C=O) groups is 1. The van der Waals surface area contributed by atoms with Crippen molar-refractivity contribution in [2.45, 2.75) is 50.2 Å². The summed E-state index contributed by atoms with van der Waals surface area (Å²) in [7, 11) is 0. The number of piperidine rings is 1. The van der Waals surface area contributed by atoms with Gasteiger partial charge in [0.1, 0.15) is 0 Å². The van der Waals surface area contributed by atoms with Crippen LogP contribution in [-0.2, 0) is 4.79 Å². The number of nitrogens with two attached hydrogens (primary N) is 1. The lowest BCUT2D eigenvalue weighted by Gasteiger charge is -2.37. The highest BCUT2D eigenvalue weighted by molar-refractivity contribution is 5.86. The van der Waals surface area contributed by atoms with E-state index in [-0.39, 0.29) is 18.4 Å². The van der Waals surface area contributed by atoms with Crippen molar-refractivity contribution in [3.8, 4) is 0 Å². The van der Waals surface area contributed by atoms with E-state index in [1.165, 1.54) is 0 Å². The maximum Gasteiger partial charge on any atom is 0.242 e. The topological polar surface area (TPSA) is 86.8 Å². The Kier molecular flexibility index (Phi) is 4.25. The standard InChI is InChI=1S/C13H24N2O3/c14-13(5-1-2-6-13)12(18)15-7-3-10(4-8-15)11(17)9-16/h10-11,16-17H,1-9,14H2. The first-order valence-electron chi connectivity index (χ1n) is 6.94. The summed E-state index contributed by atoms with van der Waals surface area (Å²) in [6.07, 6.45) is 4.54. The minimum atomic E-state index is -0.652. The third kappa shape index (κ3) is 2.68. The molecular formula is C13H24N2O3. The van der Waals surface area contributed by atoms with Crippen LogP contribution in [0.3, 0.4) is 0 Å². The van der Waals surface area contributed by atoms with E-state index < -0.39 is 11.6 Å². The fraction of sp³-hybridized carbons (Fsp3) is 0.923. The zero-order valence-electron chi connectivity index (χ0n) is 10.8. The molecule has 0 aromatic rings. The highest BCUT2D eigenvalue weighted by Gasteiger charge is 2.41. The molecule has 1 unspecified atom stereocenters. The van der Waals surface area contributed by atoms with Crippen molar-refractivity contribution in [1.82, 2.24) is 4.90 Å². The van der Waals surface area contributed by atoms with Crippen LogP contribution in [0.25, 0.3) is 0 Å². The molecule has 2 aliphatic rings. The van der Waals surface area contributed by atoms with E-state index in [4.69, 9.17) is 10.8 Å². The monoisotopic (exact) mass is 256 g/mol. The normalized spacial score (nSPS) is 26.3. The molecule has 1 saturated heterocycles. The number of hydrogen-bond acceptors (Lipinski definition) is 4. The summed E-state index contributed by atoms with van der Waals surface area (Å²) in [6.45, 7) is 1.11. The number of rotatable bonds is 3. The van der Waals surface area contributed by atoms with E-state index >= 15 is 0 Å². The summed E-state index contributed by atoms with van der Waals surface area (Å²) in [4.78, 5) is 14.2. The van der Waals surface area contributed by atoms with Crippen LogP contribution in [0.4, 0.5) is 0 Å². The highest BCUT2D eigenvalue weighted by Crippen LogP contribution is 2.31. The van der Waals surface area contributed by atoms with E-state index in [0.717, 1.165) is 38.5 Å². The summed E-state index contributed by atoms with van der Waals surface area (Å²) in [6, 6.07) is 0. The predicted octanol–water partition coefficient (Wildman–Crippen LogP) is -0.150. The molecular weight excluding hydrogens is 232 g/mol. The van der Waals surface area contributed by atoms with Gasteiger partial charge in [-0.1, -0.05) is 12.8 Å². The van der Waals surface area contributed by atoms with Gasteiger partial charge in [-0.25, -0.2) is 0 Å². The Morgan fingerprint density at radius 1 is 1.33 bits per heavy atom. The van der Waals surface area contributed by atoms with Crippen molar-refractivity contribution in [3.05, 3.63) is 0 Å². The Labute approximate surface area is 108 Å². The van der Waals surface area contributed by atoms with Gasteiger partial charge in [-0.05, 0) is 31.6 Å². The molecule has 0 aromatic carbocycles. The molecule has 5 heteroatoms. The SMILES string of the molecule is NC1(C(=O)N2CCC(C(O)CO)CC2)CCCC1. The third-order valence-corrected chi connectivity index (χ3v) is 4.48. The van der Waals surface area contributed by atoms with Crippen LogP contribution in [0.15, 0.2) is 0 Å². The molecule has 4 N–H and O–H groups in total. The van der Waals surface area contributed by atoms with Crippen LogP contribution in [-0.4, -0.2) is 52.4 Å². The third-order valence-electron chi connectivity index (χ3n) is 4.48. The fourth-order valence-electron chi connectivity index (χ4n) is 3.17. The second kappa shape index (κ2) is 5.55. The lowest BCUT2D eigenvalue weighted by Crippen LogP contribution is -2.55. The quantitative estimate of drug-likeness (QED) is 0.655. The van der Waals surface area contributed by atoms with E-state index in [9.17, 15) is 9.90 Å².